The Morgan fingerprint density at radius 2 is 2.40 bits per heavy atom. The predicted molar refractivity (Wildman–Crippen MR) is 58.2 cm³/mol. The van der Waals surface area contributed by atoms with Gasteiger partial charge in [0.1, 0.15) is 6.10 Å². The van der Waals surface area contributed by atoms with Gasteiger partial charge in [-0.25, -0.2) is 0 Å². The van der Waals surface area contributed by atoms with E-state index in [0.717, 1.165) is 25.9 Å². The fourth-order valence-electron chi connectivity index (χ4n) is 1.48. The van der Waals surface area contributed by atoms with Crippen LogP contribution in [0.3, 0.4) is 0 Å². The van der Waals surface area contributed by atoms with Gasteiger partial charge >= 0.3 is 0 Å². The largest absolute Gasteiger partial charge is 0.381 e. The van der Waals surface area contributed by atoms with Crippen molar-refractivity contribution in [3.63, 3.8) is 0 Å². The quantitative estimate of drug-likeness (QED) is 0.721. The third kappa shape index (κ3) is 5.17. The van der Waals surface area contributed by atoms with Crippen LogP contribution in [0.1, 0.15) is 39.5 Å². The van der Waals surface area contributed by atoms with Gasteiger partial charge in [-0.15, -0.1) is 0 Å². The molecule has 0 amide bonds. The highest BCUT2D eigenvalue weighted by Gasteiger charge is 2.19. The van der Waals surface area contributed by atoms with E-state index < -0.39 is 6.10 Å². The van der Waals surface area contributed by atoms with Crippen molar-refractivity contribution in [1.29, 1.82) is 0 Å². The summed E-state index contributed by atoms with van der Waals surface area (Å²) in [6.45, 7) is 4.54. The molecule has 15 heavy (non-hydrogen) atoms. The molecule has 0 saturated carbocycles. The van der Waals surface area contributed by atoms with Crippen molar-refractivity contribution in [2.75, 3.05) is 6.61 Å². The van der Waals surface area contributed by atoms with Gasteiger partial charge in [0.25, 0.3) is 0 Å². The van der Waals surface area contributed by atoms with Crippen LogP contribution in [0.4, 0.5) is 0 Å². The molecule has 1 N–H and O–H groups in total. The predicted octanol–water partition coefficient (Wildman–Crippen LogP) is 1.69. The topological polar surface area (TPSA) is 38.7 Å². The lowest BCUT2D eigenvalue weighted by atomic mass is 10.2. The molecule has 0 spiro atoms. The summed E-state index contributed by atoms with van der Waals surface area (Å²) < 4.78 is 11.1. The molecule has 1 fully saturated rings. The smallest absolute Gasteiger partial charge is 0.158 e. The van der Waals surface area contributed by atoms with Crippen LogP contribution in [0.2, 0.25) is 0 Å². The van der Waals surface area contributed by atoms with Gasteiger partial charge in [0.2, 0.25) is 0 Å². The molecule has 0 aromatic heterocycles. The molecule has 1 heterocycles. The lowest BCUT2D eigenvalue weighted by Crippen LogP contribution is -2.20. The number of hydrogen-bond donors (Lipinski definition) is 1. The number of rotatable bonds is 4. The molecule has 0 radical (unpaired) electrons. The molecule has 0 aliphatic carbocycles. The second-order valence-electron chi connectivity index (χ2n) is 3.81. The first-order chi connectivity index (χ1) is 7.22. The Hall–Kier alpha value is -0.560. The van der Waals surface area contributed by atoms with Crippen LogP contribution in [0.25, 0.3) is 0 Å². The summed E-state index contributed by atoms with van der Waals surface area (Å²) in [6, 6.07) is 0. The monoisotopic (exact) mass is 212 g/mol. The summed E-state index contributed by atoms with van der Waals surface area (Å²) >= 11 is 0. The van der Waals surface area contributed by atoms with Crippen LogP contribution in [-0.2, 0) is 9.47 Å². The molecule has 3 unspecified atom stereocenters. The lowest BCUT2D eigenvalue weighted by Gasteiger charge is -2.18. The van der Waals surface area contributed by atoms with Gasteiger partial charge < -0.3 is 14.6 Å². The zero-order valence-corrected chi connectivity index (χ0v) is 9.53. The maximum atomic E-state index is 8.98. The zero-order chi connectivity index (χ0) is 11.1. The molecule has 0 aromatic rings. The molecule has 0 bridgehead atoms. The van der Waals surface area contributed by atoms with Crippen LogP contribution in [0.15, 0.2) is 0 Å². The van der Waals surface area contributed by atoms with Crippen molar-refractivity contribution < 1.29 is 14.6 Å². The first-order valence-electron chi connectivity index (χ1n) is 5.66. The van der Waals surface area contributed by atoms with Gasteiger partial charge in [0.05, 0.1) is 6.10 Å². The highest BCUT2D eigenvalue weighted by Crippen LogP contribution is 2.17. The Kier molecular flexibility index (Phi) is 5.70. The number of hydrogen-bond acceptors (Lipinski definition) is 3. The van der Waals surface area contributed by atoms with Crippen LogP contribution in [0.5, 0.6) is 0 Å². The average molecular weight is 212 g/mol. The third-order valence-corrected chi connectivity index (χ3v) is 2.33. The van der Waals surface area contributed by atoms with E-state index in [0.29, 0.717) is 6.42 Å². The molecular weight excluding hydrogens is 192 g/mol. The Morgan fingerprint density at radius 1 is 1.60 bits per heavy atom. The van der Waals surface area contributed by atoms with Crippen molar-refractivity contribution in [3.05, 3.63) is 0 Å². The highest BCUT2D eigenvalue weighted by atomic mass is 16.7. The molecule has 0 aromatic carbocycles. The van der Waals surface area contributed by atoms with Crippen molar-refractivity contribution in [2.24, 2.45) is 0 Å². The van der Waals surface area contributed by atoms with Gasteiger partial charge in [0, 0.05) is 19.4 Å². The van der Waals surface area contributed by atoms with E-state index in [1.54, 1.807) is 6.92 Å². The van der Waals surface area contributed by atoms with Crippen molar-refractivity contribution in [2.45, 2.75) is 58.0 Å². The van der Waals surface area contributed by atoms with E-state index in [1.807, 2.05) is 0 Å². The second-order valence-corrected chi connectivity index (χ2v) is 3.81. The third-order valence-electron chi connectivity index (χ3n) is 2.33. The first-order valence-corrected chi connectivity index (χ1v) is 5.66. The molecule has 86 valence electrons. The number of ether oxygens (including phenoxy) is 2. The van der Waals surface area contributed by atoms with Gasteiger partial charge in [0.15, 0.2) is 6.29 Å². The molecule has 3 heteroatoms. The molecule has 1 aliphatic heterocycles. The fraction of sp³-hybridized carbons (Fsp3) is 0.833. The standard InChI is InChI=1S/C12H20O3/c1-3-11(7-4-6-10(2)13)15-12-8-5-9-14-12/h10-13H,3,5,7-9H2,1-2H3. The maximum Gasteiger partial charge on any atom is 0.158 e. The summed E-state index contributed by atoms with van der Waals surface area (Å²) in [7, 11) is 0. The van der Waals surface area contributed by atoms with E-state index in [4.69, 9.17) is 14.6 Å². The molecule has 3 atom stereocenters. The van der Waals surface area contributed by atoms with Gasteiger partial charge in [-0.1, -0.05) is 18.8 Å². The molecule has 1 saturated heterocycles. The van der Waals surface area contributed by atoms with Crippen molar-refractivity contribution in [1.82, 2.24) is 0 Å². The molecule has 1 rings (SSSR count). The van der Waals surface area contributed by atoms with E-state index in [9.17, 15) is 0 Å². The first kappa shape index (κ1) is 12.5. The van der Waals surface area contributed by atoms with E-state index >= 15 is 0 Å². The Bertz CT molecular complexity index is 221. The molecular formula is C12H20O3. The highest BCUT2D eigenvalue weighted by molar-refractivity contribution is 5.04. The normalized spacial score (nSPS) is 24.3. The average Bonchev–Trinajstić information content (AvgIpc) is 2.68. The Labute approximate surface area is 91.8 Å². The van der Waals surface area contributed by atoms with Crippen LogP contribution in [-0.4, -0.2) is 30.2 Å². The van der Waals surface area contributed by atoms with Crippen LogP contribution >= 0.6 is 0 Å². The minimum absolute atomic E-state index is 0.0386. The number of aliphatic hydroxyl groups excluding tert-OH is 1. The maximum absolute atomic E-state index is 8.98. The molecule has 1 aliphatic rings. The lowest BCUT2D eigenvalue weighted by molar-refractivity contribution is -0.143. The van der Waals surface area contributed by atoms with E-state index in [1.165, 1.54) is 0 Å². The SMILES string of the molecule is CCC(CC#CC(C)O)OC1CCCO1. The summed E-state index contributed by atoms with van der Waals surface area (Å²) in [4.78, 5) is 0. The summed E-state index contributed by atoms with van der Waals surface area (Å²) in [6.07, 6.45) is 3.20. The summed E-state index contributed by atoms with van der Waals surface area (Å²) in [5, 5.41) is 8.98. The second kappa shape index (κ2) is 6.84. The zero-order valence-electron chi connectivity index (χ0n) is 9.53. The minimum atomic E-state index is -0.551. The van der Waals surface area contributed by atoms with Gasteiger partial charge in [-0.05, 0) is 19.8 Å². The summed E-state index contributed by atoms with van der Waals surface area (Å²) in [5.41, 5.74) is 0. The van der Waals surface area contributed by atoms with Gasteiger partial charge in [-0.2, -0.15) is 0 Å². The minimum Gasteiger partial charge on any atom is -0.381 e. The molecule has 3 nitrogen and oxygen atoms in total. The van der Waals surface area contributed by atoms with Crippen LogP contribution < -0.4 is 0 Å². The fourth-order valence-corrected chi connectivity index (χ4v) is 1.48. The van der Waals surface area contributed by atoms with Crippen LogP contribution in [0, 0.1) is 11.8 Å². The van der Waals surface area contributed by atoms with Crippen molar-refractivity contribution in [3.8, 4) is 11.8 Å². The van der Waals surface area contributed by atoms with Gasteiger partial charge in [-0.3, -0.25) is 0 Å². The summed E-state index contributed by atoms with van der Waals surface area (Å²) in [5.74, 6) is 5.65. The van der Waals surface area contributed by atoms with Crippen molar-refractivity contribution >= 4 is 0 Å². The van der Waals surface area contributed by atoms with E-state index in [2.05, 4.69) is 18.8 Å². The van der Waals surface area contributed by atoms with E-state index in [-0.39, 0.29) is 12.4 Å². The Balaban J connectivity index is 2.26. The number of aliphatic hydroxyl groups is 1. The Morgan fingerprint density at radius 3 is 2.93 bits per heavy atom.